The van der Waals surface area contributed by atoms with E-state index in [1.54, 1.807) is 0 Å². The van der Waals surface area contributed by atoms with Crippen molar-refractivity contribution >= 4 is 21.7 Å². The van der Waals surface area contributed by atoms with Crippen LogP contribution in [-0.2, 0) is 0 Å². The van der Waals surface area contributed by atoms with Gasteiger partial charge in [0.2, 0.25) is 0 Å². The molecule has 0 aliphatic rings. The lowest BCUT2D eigenvalue weighted by molar-refractivity contribution is 0.151. The number of benzene rings is 2. The van der Waals surface area contributed by atoms with Crippen molar-refractivity contribution in [1.29, 1.82) is 0 Å². The summed E-state index contributed by atoms with van der Waals surface area (Å²) >= 11 is 0. The molecular weight excluding hydrogens is 292 g/mol. The molecule has 0 bridgehead atoms. The highest BCUT2D eigenvalue weighted by atomic mass is 19.3. The molecule has 108 valence electrons. The molecule has 1 heterocycles. The first-order chi connectivity index (χ1) is 9.88. The van der Waals surface area contributed by atoms with Gasteiger partial charge in [-0.05, 0) is 12.1 Å². The van der Waals surface area contributed by atoms with Crippen LogP contribution in [0.4, 0.5) is 17.6 Å². The van der Waals surface area contributed by atoms with Crippen LogP contribution in [0.5, 0.6) is 5.75 Å². The van der Waals surface area contributed by atoms with Crippen LogP contribution < -0.4 is 5.63 Å². The molecule has 0 aliphatic carbocycles. The lowest BCUT2D eigenvalue weighted by atomic mass is 10.0. The van der Waals surface area contributed by atoms with Gasteiger partial charge in [0.05, 0.1) is 10.8 Å². The Balaban J connectivity index is 2.59. The molecule has 0 fully saturated rings. The number of rotatable bonds is 1. The molecule has 0 saturated carbocycles. The van der Waals surface area contributed by atoms with E-state index < -0.39 is 45.8 Å². The Morgan fingerprint density at radius 3 is 2.33 bits per heavy atom. The van der Waals surface area contributed by atoms with E-state index in [1.807, 2.05) is 0 Å². The molecule has 2 aromatic carbocycles. The maximum atomic E-state index is 14.1. The van der Waals surface area contributed by atoms with Gasteiger partial charge in [0.1, 0.15) is 23.0 Å². The molecule has 0 amide bonds. The van der Waals surface area contributed by atoms with Crippen molar-refractivity contribution in [3.8, 4) is 5.75 Å². The van der Waals surface area contributed by atoms with Gasteiger partial charge in [0.25, 0.3) is 6.43 Å². The third-order valence-corrected chi connectivity index (χ3v) is 3.08. The number of aromatic hydroxyl groups is 1. The fraction of sp³-hybridized carbons (Fsp3) is 0.0714. The van der Waals surface area contributed by atoms with E-state index in [2.05, 4.69) is 0 Å². The van der Waals surface area contributed by atoms with Gasteiger partial charge in [-0.2, -0.15) is 0 Å². The molecule has 0 unspecified atom stereocenters. The summed E-state index contributed by atoms with van der Waals surface area (Å²) in [7, 11) is 0. The van der Waals surface area contributed by atoms with Crippen LogP contribution >= 0.6 is 0 Å². The summed E-state index contributed by atoms with van der Waals surface area (Å²) in [5, 5.41) is 7.94. The number of phenols is 1. The van der Waals surface area contributed by atoms with Crippen molar-refractivity contribution < 1.29 is 27.1 Å². The quantitative estimate of drug-likeness (QED) is 0.421. The summed E-state index contributed by atoms with van der Waals surface area (Å²) in [6, 6.07) is 2.96. The Bertz CT molecular complexity index is 931. The van der Waals surface area contributed by atoms with Gasteiger partial charge in [0.15, 0.2) is 0 Å². The van der Waals surface area contributed by atoms with E-state index in [1.165, 1.54) is 0 Å². The van der Waals surface area contributed by atoms with E-state index in [0.717, 1.165) is 12.1 Å². The Kier molecular flexibility index (Phi) is 2.86. The van der Waals surface area contributed by atoms with Crippen LogP contribution in [0.1, 0.15) is 12.0 Å². The summed E-state index contributed by atoms with van der Waals surface area (Å²) in [4.78, 5) is 11.8. The van der Waals surface area contributed by atoms with Crippen LogP contribution in [-0.4, -0.2) is 5.11 Å². The monoisotopic (exact) mass is 298 g/mol. The summed E-state index contributed by atoms with van der Waals surface area (Å²) in [6.45, 7) is 0. The second-order valence-electron chi connectivity index (χ2n) is 4.42. The van der Waals surface area contributed by atoms with Gasteiger partial charge in [-0.3, -0.25) is 0 Å². The molecule has 0 aliphatic heterocycles. The molecule has 3 nitrogen and oxygen atoms in total. The van der Waals surface area contributed by atoms with Crippen LogP contribution in [0.15, 0.2) is 33.5 Å². The van der Waals surface area contributed by atoms with Crippen molar-refractivity contribution in [2.75, 3.05) is 0 Å². The molecule has 0 atom stereocenters. The van der Waals surface area contributed by atoms with E-state index in [9.17, 15) is 27.5 Å². The largest absolute Gasteiger partial charge is 0.508 e. The molecule has 3 aromatic rings. The molecule has 0 saturated heterocycles. The van der Waals surface area contributed by atoms with E-state index in [-0.39, 0.29) is 11.0 Å². The van der Waals surface area contributed by atoms with Crippen molar-refractivity contribution in [2.45, 2.75) is 6.43 Å². The van der Waals surface area contributed by atoms with E-state index in [4.69, 9.17) is 4.42 Å². The predicted molar refractivity (Wildman–Crippen MR) is 66.5 cm³/mol. The maximum absolute atomic E-state index is 14.1. The SMILES string of the molecule is O=c1oc2cc(O)cc(F)c2c2c(F)cc(C(F)F)cc12. The summed E-state index contributed by atoms with van der Waals surface area (Å²) in [6.07, 6.45) is -2.98. The lowest BCUT2D eigenvalue weighted by Gasteiger charge is -2.07. The van der Waals surface area contributed by atoms with Crippen molar-refractivity contribution in [3.05, 3.63) is 51.9 Å². The van der Waals surface area contributed by atoms with Gasteiger partial charge in [-0.1, -0.05) is 0 Å². The predicted octanol–water partition coefficient (Wildman–Crippen LogP) is 3.87. The van der Waals surface area contributed by atoms with Crippen LogP contribution in [0.3, 0.4) is 0 Å². The maximum Gasteiger partial charge on any atom is 0.344 e. The number of phenolic OH excluding ortho intramolecular Hbond substituents is 1. The average Bonchev–Trinajstić information content (AvgIpc) is 2.38. The van der Waals surface area contributed by atoms with Gasteiger partial charge in [-0.15, -0.1) is 0 Å². The van der Waals surface area contributed by atoms with E-state index >= 15 is 0 Å². The Morgan fingerprint density at radius 2 is 1.67 bits per heavy atom. The number of hydrogen-bond acceptors (Lipinski definition) is 3. The number of alkyl halides is 2. The lowest BCUT2D eigenvalue weighted by Crippen LogP contribution is -2.03. The molecule has 0 radical (unpaired) electrons. The normalized spacial score (nSPS) is 11.7. The Hall–Kier alpha value is -2.57. The van der Waals surface area contributed by atoms with Crippen LogP contribution in [0.25, 0.3) is 21.7 Å². The molecule has 0 spiro atoms. The molecule has 3 rings (SSSR count). The Labute approximate surface area is 114 Å². The second kappa shape index (κ2) is 4.47. The molecule has 21 heavy (non-hydrogen) atoms. The minimum atomic E-state index is -2.98. The van der Waals surface area contributed by atoms with E-state index in [0.29, 0.717) is 12.1 Å². The van der Waals surface area contributed by atoms with Crippen LogP contribution in [0.2, 0.25) is 0 Å². The summed E-state index contributed by atoms with van der Waals surface area (Å²) < 4.78 is 58.0. The highest BCUT2D eigenvalue weighted by Crippen LogP contribution is 2.32. The first kappa shape index (κ1) is 13.4. The Morgan fingerprint density at radius 1 is 1.00 bits per heavy atom. The zero-order chi connectivity index (χ0) is 15.3. The molecule has 7 heteroatoms. The third-order valence-electron chi connectivity index (χ3n) is 3.08. The highest BCUT2D eigenvalue weighted by Gasteiger charge is 2.19. The zero-order valence-electron chi connectivity index (χ0n) is 10.2. The number of fused-ring (bicyclic) bond motifs is 3. The van der Waals surface area contributed by atoms with Crippen molar-refractivity contribution in [1.82, 2.24) is 0 Å². The van der Waals surface area contributed by atoms with Gasteiger partial charge in [-0.25, -0.2) is 22.4 Å². The number of halogens is 4. The molecule has 1 aromatic heterocycles. The first-order valence-corrected chi connectivity index (χ1v) is 5.75. The minimum absolute atomic E-state index is 0.367. The fourth-order valence-corrected chi connectivity index (χ4v) is 2.21. The second-order valence-corrected chi connectivity index (χ2v) is 4.42. The van der Waals surface area contributed by atoms with Crippen LogP contribution in [0, 0.1) is 11.6 Å². The smallest absolute Gasteiger partial charge is 0.344 e. The van der Waals surface area contributed by atoms with Gasteiger partial charge < -0.3 is 9.52 Å². The molecular formula is C14H6F4O3. The highest BCUT2D eigenvalue weighted by molar-refractivity contribution is 6.05. The zero-order valence-corrected chi connectivity index (χ0v) is 10.2. The number of hydrogen-bond donors (Lipinski definition) is 1. The summed E-state index contributed by atoms with van der Waals surface area (Å²) in [5.74, 6) is -2.69. The average molecular weight is 298 g/mol. The first-order valence-electron chi connectivity index (χ1n) is 5.75. The van der Waals surface area contributed by atoms with Crippen molar-refractivity contribution in [3.63, 3.8) is 0 Å². The minimum Gasteiger partial charge on any atom is -0.508 e. The van der Waals surface area contributed by atoms with Gasteiger partial charge >= 0.3 is 5.63 Å². The fourth-order valence-electron chi connectivity index (χ4n) is 2.21. The standard InChI is InChI=1S/C14H6F4O3/c15-8-2-5(13(17)18)1-7-11(8)12-9(16)3-6(19)4-10(12)21-14(7)20/h1-4,13,19H. The third kappa shape index (κ3) is 2.01. The van der Waals surface area contributed by atoms with Crippen molar-refractivity contribution in [2.24, 2.45) is 0 Å². The molecule has 1 N–H and O–H groups in total. The summed E-state index contributed by atoms with van der Waals surface area (Å²) in [5.41, 5.74) is -2.16. The topological polar surface area (TPSA) is 50.4 Å². The van der Waals surface area contributed by atoms with Gasteiger partial charge in [0, 0.05) is 23.1 Å².